The molecule has 1 aromatic carbocycles. The van der Waals surface area contributed by atoms with Crippen LogP contribution in [0.4, 0.5) is 0 Å². The van der Waals surface area contributed by atoms with Crippen molar-refractivity contribution in [3.05, 3.63) is 29.3 Å². The highest BCUT2D eigenvalue weighted by Crippen LogP contribution is 2.17. The zero-order valence-electron chi connectivity index (χ0n) is 7.88. The normalized spacial score (nSPS) is 10.4. The van der Waals surface area contributed by atoms with E-state index in [1.54, 1.807) is 12.1 Å². The number of halogens is 2. The number of ether oxygens (including phenoxy) is 1. The van der Waals surface area contributed by atoms with E-state index in [9.17, 15) is 4.79 Å². The van der Waals surface area contributed by atoms with Crippen molar-refractivity contribution >= 4 is 29.2 Å². The van der Waals surface area contributed by atoms with Gasteiger partial charge in [0.25, 0.3) is 0 Å². The van der Waals surface area contributed by atoms with Crippen molar-refractivity contribution in [3.8, 4) is 5.75 Å². The van der Waals surface area contributed by atoms with Crippen LogP contribution in [0, 0.1) is 13.8 Å². The van der Waals surface area contributed by atoms with E-state index in [2.05, 4.69) is 0 Å². The number of rotatable bonds is 2. The smallest absolute Gasteiger partial charge is 0.344 e. The molecule has 0 aliphatic rings. The van der Waals surface area contributed by atoms with Crippen molar-refractivity contribution in [2.45, 2.75) is 18.7 Å². The molecule has 0 spiro atoms. The number of carbonyl (C=O) groups is 1. The molecule has 0 aromatic heterocycles. The molecule has 0 fully saturated rings. The van der Waals surface area contributed by atoms with Gasteiger partial charge in [0.2, 0.25) is 4.84 Å². The molecule has 0 amide bonds. The summed E-state index contributed by atoms with van der Waals surface area (Å²) in [4.78, 5) is 9.91. The summed E-state index contributed by atoms with van der Waals surface area (Å²) < 4.78 is 4.93. The van der Waals surface area contributed by atoms with Crippen LogP contribution in [0.15, 0.2) is 18.2 Å². The number of benzene rings is 1. The van der Waals surface area contributed by atoms with Crippen LogP contribution >= 0.6 is 23.2 Å². The number of alkyl halides is 2. The fourth-order valence-corrected chi connectivity index (χ4v) is 1.24. The number of carbonyl (C=O) groups excluding carboxylic acids is 1. The van der Waals surface area contributed by atoms with E-state index in [1.807, 2.05) is 19.9 Å². The molecule has 0 atom stereocenters. The predicted octanol–water partition coefficient (Wildman–Crippen LogP) is 3.01. The van der Waals surface area contributed by atoms with Gasteiger partial charge in [0.1, 0.15) is 5.75 Å². The molecule has 0 saturated carbocycles. The topological polar surface area (TPSA) is 26.3 Å². The van der Waals surface area contributed by atoms with Gasteiger partial charge in [0.05, 0.1) is 0 Å². The summed E-state index contributed by atoms with van der Waals surface area (Å²) in [6, 6.07) is 5.48. The van der Waals surface area contributed by atoms with Crippen molar-refractivity contribution in [1.82, 2.24) is 0 Å². The minimum Gasteiger partial charge on any atom is -0.425 e. The molecule has 1 aromatic rings. The lowest BCUT2D eigenvalue weighted by molar-refractivity contribution is -0.132. The summed E-state index contributed by atoms with van der Waals surface area (Å²) in [5.74, 6) is -0.183. The Hall–Kier alpha value is -0.730. The third-order valence-electron chi connectivity index (χ3n) is 1.59. The van der Waals surface area contributed by atoms with Gasteiger partial charge in [0, 0.05) is 0 Å². The number of esters is 1. The summed E-state index contributed by atoms with van der Waals surface area (Å²) in [6.45, 7) is 3.84. The van der Waals surface area contributed by atoms with Crippen molar-refractivity contribution in [3.63, 3.8) is 0 Å². The van der Waals surface area contributed by atoms with Crippen LogP contribution in [-0.4, -0.2) is 10.8 Å². The maximum absolute atomic E-state index is 11.0. The third-order valence-corrected chi connectivity index (χ3v) is 1.95. The van der Waals surface area contributed by atoms with Crippen LogP contribution in [0.3, 0.4) is 0 Å². The van der Waals surface area contributed by atoms with Gasteiger partial charge in [-0.2, -0.15) is 0 Å². The summed E-state index contributed by atoms with van der Waals surface area (Å²) in [7, 11) is 0. The summed E-state index contributed by atoms with van der Waals surface area (Å²) in [5, 5.41) is 0. The maximum atomic E-state index is 11.0. The number of hydrogen-bond acceptors (Lipinski definition) is 2. The Bertz CT molecular complexity index is 328. The minimum atomic E-state index is -1.14. The first kappa shape index (κ1) is 11.3. The predicted molar refractivity (Wildman–Crippen MR) is 57.0 cm³/mol. The number of aryl methyl sites for hydroxylation is 2. The van der Waals surface area contributed by atoms with Crippen LogP contribution < -0.4 is 4.74 Å². The zero-order chi connectivity index (χ0) is 10.7. The van der Waals surface area contributed by atoms with E-state index in [4.69, 9.17) is 27.9 Å². The quantitative estimate of drug-likeness (QED) is 0.446. The second-order valence-electron chi connectivity index (χ2n) is 3.05. The molecule has 0 aliphatic heterocycles. The van der Waals surface area contributed by atoms with E-state index in [-0.39, 0.29) is 0 Å². The molecule has 4 heteroatoms. The molecule has 0 N–H and O–H groups in total. The molecule has 1 rings (SSSR count). The molecule has 2 nitrogen and oxygen atoms in total. The zero-order valence-corrected chi connectivity index (χ0v) is 9.39. The van der Waals surface area contributed by atoms with Gasteiger partial charge in [-0.1, -0.05) is 29.3 Å². The highest BCUT2D eigenvalue weighted by molar-refractivity contribution is 6.53. The Labute approximate surface area is 92.8 Å². The molecular weight excluding hydrogens is 223 g/mol. The first-order valence-corrected chi connectivity index (χ1v) is 4.94. The van der Waals surface area contributed by atoms with Gasteiger partial charge in [-0.25, -0.2) is 4.79 Å². The first-order valence-electron chi connectivity index (χ1n) is 4.07. The van der Waals surface area contributed by atoms with Gasteiger partial charge in [-0.15, -0.1) is 0 Å². The van der Waals surface area contributed by atoms with Gasteiger partial charge >= 0.3 is 5.97 Å². The lowest BCUT2D eigenvalue weighted by Crippen LogP contribution is -2.15. The van der Waals surface area contributed by atoms with E-state index >= 15 is 0 Å². The van der Waals surface area contributed by atoms with E-state index in [1.165, 1.54) is 0 Å². The Morgan fingerprint density at radius 2 is 1.71 bits per heavy atom. The van der Waals surface area contributed by atoms with Gasteiger partial charge in [-0.3, -0.25) is 0 Å². The lowest BCUT2D eigenvalue weighted by Gasteiger charge is -2.06. The lowest BCUT2D eigenvalue weighted by atomic mass is 10.1. The highest BCUT2D eigenvalue weighted by atomic mass is 35.5. The molecule has 0 radical (unpaired) electrons. The Morgan fingerprint density at radius 3 is 2.14 bits per heavy atom. The van der Waals surface area contributed by atoms with Crippen molar-refractivity contribution in [2.24, 2.45) is 0 Å². The standard InChI is InChI=1S/C10H10Cl2O2/c1-6-3-7(2)5-8(4-6)14-10(13)9(11)12/h3-5,9H,1-2H3. The van der Waals surface area contributed by atoms with Gasteiger partial charge in [-0.05, 0) is 37.1 Å². The average Bonchev–Trinajstić information content (AvgIpc) is 2.01. The SMILES string of the molecule is Cc1cc(C)cc(OC(=O)C(Cl)Cl)c1. The average molecular weight is 233 g/mol. The van der Waals surface area contributed by atoms with Crippen LogP contribution in [0.25, 0.3) is 0 Å². The molecule has 0 heterocycles. The Kier molecular flexibility index (Phi) is 3.78. The second-order valence-corrected chi connectivity index (χ2v) is 4.14. The molecule has 0 bridgehead atoms. The monoisotopic (exact) mass is 232 g/mol. The Morgan fingerprint density at radius 1 is 1.21 bits per heavy atom. The molecule has 76 valence electrons. The first-order chi connectivity index (χ1) is 6.49. The molecule has 0 saturated heterocycles. The second kappa shape index (κ2) is 4.67. The molecule has 14 heavy (non-hydrogen) atoms. The van der Waals surface area contributed by atoms with Crippen molar-refractivity contribution < 1.29 is 9.53 Å². The minimum absolute atomic E-state index is 0.471. The number of hydrogen-bond donors (Lipinski definition) is 0. The largest absolute Gasteiger partial charge is 0.425 e. The van der Waals surface area contributed by atoms with Crippen LogP contribution in [-0.2, 0) is 4.79 Å². The fourth-order valence-electron chi connectivity index (χ4n) is 1.15. The van der Waals surface area contributed by atoms with E-state index < -0.39 is 10.8 Å². The van der Waals surface area contributed by atoms with Crippen LogP contribution in [0.2, 0.25) is 0 Å². The molecule has 0 aliphatic carbocycles. The van der Waals surface area contributed by atoms with Gasteiger partial charge < -0.3 is 4.74 Å². The summed E-state index contributed by atoms with van der Waals surface area (Å²) in [5.41, 5.74) is 2.04. The summed E-state index contributed by atoms with van der Waals surface area (Å²) in [6.07, 6.45) is 0. The molecule has 0 unspecified atom stereocenters. The van der Waals surface area contributed by atoms with E-state index in [0.717, 1.165) is 11.1 Å². The van der Waals surface area contributed by atoms with Gasteiger partial charge in [0.15, 0.2) is 0 Å². The Balaban J connectivity index is 2.82. The van der Waals surface area contributed by atoms with Crippen LogP contribution in [0.5, 0.6) is 5.75 Å². The van der Waals surface area contributed by atoms with E-state index in [0.29, 0.717) is 5.75 Å². The van der Waals surface area contributed by atoms with Crippen LogP contribution in [0.1, 0.15) is 11.1 Å². The highest BCUT2D eigenvalue weighted by Gasteiger charge is 2.14. The fraction of sp³-hybridized carbons (Fsp3) is 0.300. The summed E-state index contributed by atoms with van der Waals surface area (Å²) >= 11 is 10.7. The van der Waals surface area contributed by atoms with Crippen molar-refractivity contribution in [2.75, 3.05) is 0 Å². The van der Waals surface area contributed by atoms with Crippen molar-refractivity contribution in [1.29, 1.82) is 0 Å². The maximum Gasteiger partial charge on any atom is 0.344 e. The molecular formula is C10H10Cl2O2. The third kappa shape index (κ3) is 3.20.